The molecule has 4 nitrogen and oxygen atoms in total. The Labute approximate surface area is 120 Å². The van der Waals surface area contributed by atoms with Crippen molar-refractivity contribution < 1.29 is 19.0 Å². The number of rotatable bonds is 6. The van der Waals surface area contributed by atoms with Crippen LogP contribution in [-0.4, -0.2) is 32.7 Å². The maximum atomic E-state index is 10.7. The van der Waals surface area contributed by atoms with Crippen molar-refractivity contribution in [2.24, 2.45) is 0 Å². The smallest absolute Gasteiger partial charge is 0.164 e. The molecule has 1 aliphatic rings. The van der Waals surface area contributed by atoms with Crippen LogP contribution in [0.5, 0.6) is 11.5 Å². The molecule has 0 amide bonds. The van der Waals surface area contributed by atoms with Gasteiger partial charge in [0.25, 0.3) is 0 Å². The molecule has 1 unspecified atom stereocenters. The second kappa shape index (κ2) is 7.29. The van der Waals surface area contributed by atoms with Crippen LogP contribution in [0.15, 0.2) is 18.2 Å². The van der Waals surface area contributed by atoms with E-state index in [0.29, 0.717) is 6.42 Å². The summed E-state index contributed by atoms with van der Waals surface area (Å²) in [6, 6.07) is 5.86. The highest BCUT2D eigenvalue weighted by atomic mass is 16.5. The van der Waals surface area contributed by atoms with Crippen molar-refractivity contribution in [3.05, 3.63) is 23.8 Å². The van der Waals surface area contributed by atoms with Crippen molar-refractivity contribution in [2.75, 3.05) is 20.3 Å². The molecule has 1 heterocycles. The zero-order valence-corrected chi connectivity index (χ0v) is 12.1. The molecule has 0 saturated carbocycles. The summed E-state index contributed by atoms with van der Waals surface area (Å²) in [4.78, 5) is 10.7. The van der Waals surface area contributed by atoms with Crippen LogP contribution in [0.25, 0.3) is 0 Å². The van der Waals surface area contributed by atoms with E-state index in [-0.39, 0.29) is 12.0 Å². The van der Waals surface area contributed by atoms with Crippen LogP contribution < -0.4 is 9.47 Å². The lowest BCUT2D eigenvalue weighted by Gasteiger charge is -2.25. The number of hydrogen-bond donors (Lipinski definition) is 0. The SMILES string of the molecule is COc1c(OC2CCOCC2)cccc1C(C)CC=O. The molecular formula is C16H22O4. The predicted molar refractivity (Wildman–Crippen MR) is 76.6 cm³/mol. The molecular weight excluding hydrogens is 256 g/mol. The van der Waals surface area contributed by atoms with Gasteiger partial charge in [-0.1, -0.05) is 19.1 Å². The average Bonchev–Trinajstić information content (AvgIpc) is 2.48. The number of benzene rings is 1. The minimum atomic E-state index is 0.126. The summed E-state index contributed by atoms with van der Waals surface area (Å²) >= 11 is 0. The third-order valence-electron chi connectivity index (χ3n) is 3.66. The van der Waals surface area contributed by atoms with Crippen molar-refractivity contribution in [1.29, 1.82) is 0 Å². The molecule has 1 atom stereocenters. The first kappa shape index (κ1) is 14.9. The molecule has 0 aliphatic carbocycles. The molecule has 0 aromatic heterocycles. The molecule has 1 saturated heterocycles. The van der Waals surface area contributed by atoms with E-state index in [0.717, 1.165) is 49.4 Å². The summed E-state index contributed by atoms with van der Waals surface area (Å²) < 4.78 is 16.9. The minimum absolute atomic E-state index is 0.126. The van der Waals surface area contributed by atoms with Crippen molar-refractivity contribution in [3.8, 4) is 11.5 Å². The largest absolute Gasteiger partial charge is 0.493 e. The molecule has 0 spiro atoms. The number of para-hydroxylation sites is 1. The van der Waals surface area contributed by atoms with E-state index in [1.165, 1.54) is 0 Å². The summed E-state index contributed by atoms with van der Waals surface area (Å²) in [5.41, 5.74) is 1.02. The fourth-order valence-corrected chi connectivity index (χ4v) is 2.48. The lowest BCUT2D eigenvalue weighted by Crippen LogP contribution is -2.26. The molecule has 1 aliphatic heterocycles. The van der Waals surface area contributed by atoms with Crippen LogP contribution in [0.2, 0.25) is 0 Å². The van der Waals surface area contributed by atoms with Crippen molar-refractivity contribution >= 4 is 6.29 Å². The Morgan fingerprint density at radius 3 is 2.80 bits per heavy atom. The molecule has 0 radical (unpaired) electrons. The van der Waals surface area contributed by atoms with Crippen molar-refractivity contribution in [2.45, 2.75) is 38.2 Å². The fraction of sp³-hybridized carbons (Fsp3) is 0.562. The fourth-order valence-electron chi connectivity index (χ4n) is 2.48. The zero-order chi connectivity index (χ0) is 14.4. The Bertz CT molecular complexity index is 438. The Morgan fingerprint density at radius 1 is 1.40 bits per heavy atom. The monoisotopic (exact) mass is 278 g/mol. The van der Waals surface area contributed by atoms with Gasteiger partial charge in [-0.05, 0) is 12.0 Å². The second-order valence-corrected chi connectivity index (χ2v) is 5.11. The van der Waals surface area contributed by atoms with Crippen LogP contribution in [-0.2, 0) is 9.53 Å². The quantitative estimate of drug-likeness (QED) is 0.750. The highest BCUT2D eigenvalue weighted by Gasteiger charge is 2.20. The van der Waals surface area contributed by atoms with E-state index >= 15 is 0 Å². The normalized spacial score (nSPS) is 17.5. The third-order valence-corrected chi connectivity index (χ3v) is 3.66. The van der Waals surface area contributed by atoms with E-state index < -0.39 is 0 Å². The molecule has 0 N–H and O–H groups in total. The molecule has 1 aromatic rings. The standard InChI is InChI=1S/C16H22O4/c1-12(6-9-17)14-4-3-5-15(16(14)18-2)20-13-7-10-19-11-8-13/h3-5,9,12-13H,6-8,10-11H2,1-2H3. The van der Waals surface area contributed by atoms with E-state index in [9.17, 15) is 4.79 Å². The van der Waals surface area contributed by atoms with Gasteiger partial charge in [0.15, 0.2) is 11.5 Å². The number of carbonyl (C=O) groups excluding carboxylic acids is 1. The van der Waals surface area contributed by atoms with Gasteiger partial charge < -0.3 is 19.0 Å². The molecule has 20 heavy (non-hydrogen) atoms. The Kier molecular flexibility index (Phi) is 5.41. The van der Waals surface area contributed by atoms with Gasteiger partial charge in [-0.25, -0.2) is 0 Å². The van der Waals surface area contributed by atoms with Gasteiger partial charge in [0.1, 0.15) is 12.4 Å². The van der Waals surface area contributed by atoms with Gasteiger partial charge in [-0.2, -0.15) is 0 Å². The van der Waals surface area contributed by atoms with Crippen LogP contribution in [0.3, 0.4) is 0 Å². The number of hydrogen-bond acceptors (Lipinski definition) is 4. The molecule has 0 bridgehead atoms. The zero-order valence-electron chi connectivity index (χ0n) is 12.1. The number of aldehydes is 1. The molecule has 110 valence electrons. The van der Waals surface area contributed by atoms with Gasteiger partial charge in [0.05, 0.1) is 20.3 Å². The van der Waals surface area contributed by atoms with E-state index in [1.54, 1.807) is 7.11 Å². The number of carbonyl (C=O) groups is 1. The van der Waals surface area contributed by atoms with Crippen LogP contribution in [0, 0.1) is 0 Å². The Hall–Kier alpha value is -1.55. The minimum Gasteiger partial charge on any atom is -0.493 e. The van der Waals surface area contributed by atoms with Gasteiger partial charge in [0, 0.05) is 24.8 Å². The third kappa shape index (κ3) is 3.51. The van der Waals surface area contributed by atoms with Gasteiger partial charge >= 0.3 is 0 Å². The first-order valence-corrected chi connectivity index (χ1v) is 7.11. The first-order valence-electron chi connectivity index (χ1n) is 7.11. The number of ether oxygens (including phenoxy) is 3. The maximum absolute atomic E-state index is 10.7. The van der Waals surface area contributed by atoms with Gasteiger partial charge in [0.2, 0.25) is 0 Å². The second-order valence-electron chi connectivity index (χ2n) is 5.11. The highest BCUT2D eigenvalue weighted by molar-refractivity contribution is 5.55. The molecule has 1 aromatic carbocycles. The van der Waals surface area contributed by atoms with Gasteiger partial charge in [-0.3, -0.25) is 0 Å². The lowest BCUT2D eigenvalue weighted by molar-refractivity contribution is -0.108. The summed E-state index contributed by atoms with van der Waals surface area (Å²) in [5.74, 6) is 1.63. The van der Waals surface area contributed by atoms with Crippen LogP contribution in [0.1, 0.15) is 37.7 Å². The number of methoxy groups -OCH3 is 1. The average molecular weight is 278 g/mol. The Morgan fingerprint density at radius 2 is 2.15 bits per heavy atom. The van der Waals surface area contributed by atoms with E-state index in [4.69, 9.17) is 14.2 Å². The molecule has 4 heteroatoms. The van der Waals surface area contributed by atoms with E-state index in [1.807, 2.05) is 25.1 Å². The van der Waals surface area contributed by atoms with Crippen LogP contribution in [0.4, 0.5) is 0 Å². The summed E-state index contributed by atoms with van der Waals surface area (Å²) in [6.45, 7) is 3.51. The highest BCUT2D eigenvalue weighted by Crippen LogP contribution is 2.37. The lowest BCUT2D eigenvalue weighted by atomic mass is 9.97. The maximum Gasteiger partial charge on any atom is 0.164 e. The van der Waals surface area contributed by atoms with Crippen molar-refractivity contribution in [1.82, 2.24) is 0 Å². The first-order chi connectivity index (χ1) is 9.76. The van der Waals surface area contributed by atoms with Gasteiger partial charge in [-0.15, -0.1) is 0 Å². The summed E-state index contributed by atoms with van der Waals surface area (Å²) in [6.07, 6.45) is 3.40. The van der Waals surface area contributed by atoms with Crippen molar-refractivity contribution in [3.63, 3.8) is 0 Å². The molecule has 2 rings (SSSR count). The van der Waals surface area contributed by atoms with E-state index in [2.05, 4.69) is 0 Å². The van der Waals surface area contributed by atoms with Crippen LogP contribution >= 0.6 is 0 Å². The Balaban J connectivity index is 2.19. The topological polar surface area (TPSA) is 44.8 Å². The molecule has 1 fully saturated rings. The summed E-state index contributed by atoms with van der Waals surface area (Å²) in [5, 5.41) is 0. The summed E-state index contributed by atoms with van der Waals surface area (Å²) in [7, 11) is 1.64. The predicted octanol–water partition coefficient (Wildman–Crippen LogP) is 2.95.